The lowest BCUT2D eigenvalue weighted by molar-refractivity contribution is -0.700. The van der Waals surface area contributed by atoms with Crippen molar-refractivity contribution >= 4 is 11.4 Å². The minimum Gasteiger partial charge on any atom is -0.285 e. The van der Waals surface area contributed by atoms with Crippen LogP contribution in [0.5, 0.6) is 0 Å². The van der Waals surface area contributed by atoms with Crippen molar-refractivity contribution in [2.24, 2.45) is 0 Å². The van der Waals surface area contributed by atoms with E-state index >= 15 is 0 Å². The predicted molar refractivity (Wildman–Crippen MR) is 101 cm³/mol. The SMILES string of the molecule is C[C@@]1([N+](=O)[O-])C=C(c2ccccc2)C(=O)[C@@](c2ccccc2)([N+](=O)[O-])[C@H]1[N+](=O)[O-]. The smallest absolute Gasteiger partial charge is 0.285 e. The van der Waals surface area contributed by atoms with Crippen molar-refractivity contribution in [1.82, 2.24) is 0 Å². The monoisotopic (exact) mass is 397 g/mol. The first-order valence-corrected chi connectivity index (χ1v) is 8.48. The highest BCUT2D eigenvalue weighted by atomic mass is 16.7. The van der Waals surface area contributed by atoms with Crippen molar-refractivity contribution in [1.29, 1.82) is 0 Å². The van der Waals surface area contributed by atoms with Crippen LogP contribution in [0.25, 0.3) is 5.57 Å². The van der Waals surface area contributed by atoms with Crippen molar-refractivity contribution < 1.29 is 19.6 Å². The average Bonchev–Trinajstić information content (AvgIpc) is 2.69. The van der Waals surface area contributed by atoms with Crippen LogP contribution in [0, 0.1) is 30.3 Å². The highest BCUT2D eigenvalue weighted by Gasteiger charge is 2.78. The maximum atomic E-state index is 13.5. The van der Waals surface area contributed by atoms with Gasteiger partial charge in [-0.3, -0.25) is 35.1 Å². The molecule has 0 saturated heterocycles. The Hall–Kier alpha value is -3.95. The normalized spacial score (nSPS) is 26.4. The fourth-order valence-electron chi connectivity index (χ4n) is 3.81. The largest absolute Gasteiger partial charge is 0.381 e. The van der Waals surface area contributed by atoms with Gasteiger partial charge >= 0.3 is 17.1 Å². The average molecular weight is 397 g/mol. The number of rotatable bonds is 5. The van der Waals surface area contributed by atoms with Gasteiger partial charge in [0.15, 0.2) is 0 Å². The van der Waals surface area contributed by atoms with Crippen LogP contribution in [0.2, 0.25) is 0 Å². The third-order valence-corrected chi connectivity index (χ3v) is 5.17. The van der Waals surface area contributed by atoms with Crippen molar-refractivity contribution in [2.75, 3.05) is 0 Å². The van der Waals surface area contributed by atoms with Gasteiger partial charge in [0.05, 0.1) is 0 Å². The fourth-order valence-corrected chi connectivity index (χ4v) is 3.81. The number of carbonyl (C=O) groups excluding carboxylic acids is 1. The molecule has 0 fully saturated rings. The van der Waals surface area contributed by atoms with Crippen LogP contribution in [0.4, 0.5) is 0 Å². The minimum atomic E-state index is -2.97. The first-order valence-electron chi connectivity index (χ1n) is 8.48. The molecular weight excluding hydrogens is 382 g/mol. The quantitative estimate of drug-likeness (QED) is 0.556. The second kappa shape index (κ2) is 6.89. The van der Waals surface area contributed by atoms with Gasteiger partial charge in [-0.15, -0.1) is 0 Å². The summed E-state index contributed by atoms with van der Waals surface area (Å²) in [6.07, 6.45) is 0.864. The number of carbonyl (C=O) groups is 1. The highest BCUT2D eigenvalue weighted by Crippen LogP contribution is 2.46. The third-order valence-electron chi connectivity index (χ3n) is 5.17. The second-order valence-electron chi connectivity index (χ2n) is 6.81. The Labute approximate surface area is 163 Å². The molecule has 0 spiro atoms. The summed E-state index contributed by atoms with van der Waals surface area (Å²) in [5.74, 6) is -1.17. The molecule has 0 saturated carbocycles. The number of nitro groups is 3. The van der Waals surface area contributed by atoms with Gasteiger partial charge in [0, 0.05) is 38.9 Å². The molecule has 0 amide bonds. The lowest BCUT2D eigenvalue weighted by Gasteiger charge is -2.35. The number of Topliss-reactive ketones (excluding diaryl/α,β-unsaturated/α-hetero) is 1. The summed E-state index contributed by atoms with van der Waals surface area (Å²) >= 11 is 0. The molecule has 0 aromatic heterocycles. The molecule has 10 nitrogen and oxygen atoms in total. The van der Waals surface area contributed by atoms with Gasteiger partial charge in [-0.05, 0) is 5.56 Å². The molecule has 0 radical (unpaired) electrons. The van der Waals surface area contributed by atoms with E-state index in [1.807, 2.05) is 0 Å². The van der Waals surface area contributed by atoms with Crippen molar-refractivity contribution in [3.8, 4) is 0 Å². The van der Waals surface area contributed by atoms with Gasteiger partial charge < -0.3 is 0 Å². The van der Waals surface area contributed by atoms with Crippen molar-refractivity contribution in [3.05, 3.63) is 108 Å². The molecule has 2 aromatic rings. The number of benzene rings is 2. The van der Waals surface area contributed by atoms with E-state index < -0.39 is 37.7 Å². The summed E-state index contributed by atoms with van der Waals surface area (Å²) in [4.78, 5) is 46.6. The molecule has 0 aliphatic heterocycles. The molecule has 0 bridgehead atoms. The van der Waals surface area contributed by atoms with Gasteiger partial charge in [-0.25, -0.2) is 0 Å². The Balaban J connectivity index is 2.47. The first-order chi connectivity index (χ1) is 13.7. The molecule has 1 aliphatic carbocycles. The summed E-state index contributed by atoms with van der Waals surface area (Å²) in [6, 6.07) is 11.9. The van der Waals surface area contributed by atoms with Crippen LogP contribution < -0.4 is 0 Å². The van der Waals surface area contributed by atoms with E-state index in [-0.39, 0.29) is 16.7 Å². The zero-order chi connectivity index (χ0) is 21.4. The van der Waals surface area contributed by atoms with Crippen LogP contribution >= 0.6 is 0 Å². The summed E-state index contributed by atoms with van der Waals surface area (Å²) in [6.45, 7) is 0.928. The molecule has 10 heteroatoms. The molecule has 0 heterocycles. The van der Waals surface area contributed by atoms with Gasteiger partial charge in [-0.2, -0.15) is 0 Å². The lowest BCUT2D eigenvalue weighted by atomic mass is 9.64. The van der Waals surface area contributed by atoms with Gasteiger partial charge in [0.25, 0.3) is 5.78 Å². The summed E-state index contributed by atoms with van der Waals surface area (Å²) in [5, 5.41) is 36.2. The van der Waals surface area contributed by atoms with E-state index in [0.717, 1.165) is 13.0 Å². The number of hydrogen-bond donors (Lipinski definition) is 0. The zero-order valence-corrected chi connectivity index (χ0v) is 15.1. The molecule has 2 aromatic carbocycles. The number of ketones is 1. The van der Waals surface area contributed by atoms with Gasteiger partial charge in [0.2, 0.25) is 0 Å². The van der Waals surface area contributed by atoms with E-state index in [4.69, 9.17) is 0 Å². The topological polar surface area (TPSA) is 146 Å². The first kappa shape index (κ1) is 19.8. The second-order valence-corrected chi connectivity index (χ2v) is 6.81. The minimum absolute atomic E-state index is 0.203. The van der Waals surface area contributed by atoms with E-state index in [1.165, 1.54) is 42.5 Å². The fraction of sp³-hybridized carbons (Fsp3) is 0.211. The van der Waals surface area contributed by atoms with Crippen LogP contribution in [-0.2, 0) is 10.3 Å². The standard InChI is InChI=1S/C19H15N3O7/c1-18(21(26)27)12-15(13-8-4-2-5-9-13)16(23)19(22(28)29,17(18)20(24)25)14-10-6-3-7-11-14/h2-12,17H,1H3/t17-,18+,19+/m0/s1. The Morgan fingerprint density at radius 2 is 1.34 bits per heavy atom. The molecule has 1 aliphatic rings. The van der Waals surface area contributed by atoms with Gasteiger partial charge in [-0.1, -0.05) is 60.7 Å². The maximum Gasteiger partial charge on any atom is 0.381 e. The van der Waals surface area contributed by atoms with E-state index in [9.17, 15) is 35.1 Å². The predicted octanol–water partition coefficient (Wildman–Crippen LogP) is 2.51. The summed E-state index contributed by atoms with van der Waals surface area (Å²) in [7, 11) is 0. The highest BCUT2D eigenvalue weighted by molar-refractivity contribution is 6.26. The van der Waals surface area contributed by atoms with E-state index in [1.54, 1.807) is 18.2 Å². The van der Waals surface area contributed by atoms with E-state index in [2.05, 4.69) is 0 Å². The lowest BCUT2D eigenvalue weighted by Crippen LogP contribution is -2.68. The third kappa shape index (κ3) is 2.76. The molecule has 29 heavy (non-hydrogen) atoms. The van der Waals surface area contributed by atoms with Crippen molar-refractivity contribution in [3.63, 3.8) is 0 Å². The zero-order valence-electron chi connectivity index (χ0n) is 15.1. The van der Waals surface area contributed by atoms with Crippen molar-refractivity contribution in [2.45, 2.75) is 24.0 Å². The Morgan fingerprint density at radius 3 is 1.79 bits per heavy atom. The Kier molecular flexibility index (Phi) is 4.71. The summed E-state index contributed by atoms with van der Waals surface area (Å²) < 4.78 is 0. The van der Waals surface area contributed by atoms with Crippen LogP contribution in [0.3, 0.4) is 0 Å². The summed E-state index contributed by atoms with van der Waals surface area (Å²) in [5.41, 5.74) is -5.86. The maximum absolute atomic E-state index is 13.5. The Morgan fingerprint density at radius 1 is 0.828 bits per heavy atom. The molecule has 148 valence electrons. The van der Waals surface area contributed by atoms with Crippen LogP contribution in [0.15, 0.2) is 66.7 Å². The van der Waals surface area contributed by atoms with Crippen LogP contribution in [-0.4, -0.2) is 32.1 Å². The molecule has 3 rings (SSSR count). The van der Waals surface area contributed by atoms with Crippen LogP contribution in [0.1, 0.15) is 18.1 Å². The number of nitrogens with zero attached hydrogens (tertiary/aromatic N) is 3. The van der Waals surface area contributed by atoms with E-state index in [0.29, 0.717) is 0 Å². The number of hydrogen-bond acceptors (Lipinski definition) is 7. The molecule has 3 atom stereocenters. The molecular formula is C19H15N3O7. The molecule has 0 N–H and O–H groups in total. The Bertz CT molecular complexity index is 1040. The van der Waals surface area contributed by atoms with Gasteiger partial charge in [0.1, 0.15) is 0 Å². The molecule has 0 unspecified atom stereocenters.